The van der Waals surface area contributed by atoms with Gasteiger partial charge in [-0.1, -0.05) is 23.7 Å². The minimum Gasteiger partial charge on any atom is -0.336 e. The van der Waals surface area contributed by atoms with Gasteiger partial charge in [-0.05, 0) is 43.7 Å². The van der Waals surface area contributed by atoms with Crippen LogP contribution in [0.25, 0.3) is 10.9 Å². The predicted molar refractivity (Wildman–Crippen MR) is 112 cm³/mol. The second-order valence-corrected chi connectivity index (χ2v) is 8.65. The SMILES string of the molecule is Cn1nc(CN2CCC3(CCN(Cc4ccccn4)C3=O)C2)c2c(Cl)cccc21. The topological polar surface area (TPSA) is 54.3 Å². The van der Waals surface area contributed by atoms with Crippen molar-refractivity contribution in [2.45, 2.75) is 25.9 Å². The van der Waals surface area contributed by atoms with E-state index < -0.39 is 0 Å². The van der Waals surface area contributed by atoms with Gasteiger partial charge in [-0.25, -0.2) is 0 Å². The van der Waals surface area contributed by atoms with Gasteiger partial charge in [-0.2, -0.15) is 5.10 Å². The maximum absolute atomic E-state index is 13.2. The number of hydrogen-bond acceptors (Lipinski definition) is 4. The van der Waals surface area contributed by atoms with Crippen LogP contribution >= 0.6 is 11.6 Å². The van der Waals surface area contributed by atoms with Crippen LogP contribution in [0.1, 0.15) is 24.2 Å². The quantitative estimate of drug-likeness (QED) is 0.663. The van der Waals surface area contributed by atoms with E-state index in [4.69, 9.17) is 16.7 Å². The molecule has 5 rings (SSSR count). The van der Waals surface area contributed by atoms with E-state index in [1.165, 1.54) is 0 Å². The molecule has 29 heavy (non-hydrogen) atoms. The van der Waals surface area contributed by atoms with Crippen molar-refractivity contribution in [3.05, 3.63) is 59.0 Å². The molecule has 6 nitrogen and oxygen atoms in total. The van der Waals surface area contributed by atoms with Gasteiger partial charge in [0.25, 0.3) is 0 Å². The molecule has 2 aromatic heterocycles. The zero-order chi connectivity index (χ0) is 20.0. The summed E-state index contributed by atoms with van der Waals surface area (Å²) in [7, 11) is 1.95. The molecule has 0 bridgehead atoms. The molecule has 3 aromatic rings. The third-order valence-electron chi connectivity index (χ3n) is 6.39. The van der Waals surface area contributed by atoms with Gasteiger partial charge in [-0.3, -0.25) is 19.4 Å². The van der Waals surface area contributed by atoms with Gasteiger partial charge in [0.05, 0.1) is 33.9 Å². The summed E-state index contributed by atoms with van der Waals surface area (Å²) in [5.74, 6) is 0.273. The van der Waals surface area contributed by atoms with Gasteiger partial charge in [0.1, 0.15) is 0 Å². The Morgan fingerprint density at radius 3 is 2.79 bits per heavy atom. The zero-order valence-electron chi connectivity index (χ0n) is 16.5. The summed E-state index contributed by atoms with van der Waals surface area (Å²) in [6.07, 6.45) is 3.60. The molecule has 2 fully saturated rings. The summed E-state index contributed by atoms with van der Waals surface area (Å²) in [6, 6.07) is 11.8. The number of hydrogen-bond donors (Lipinski definition) is 0. The molecule has 1 atom stereocenters. The summed E-state index contributed by atoms with van der Waals surface area (Å²) in [5, 5.41) is 6.46. The van der Waals surface area contributed by atoms with E-state index in [2.05, 4.69) is 9.88 Å². The molecule has 2 aliphatic heterocycles. The van der Waals surface area contributed by atoms with Crippen LogP contribution in [0, 0.1) is 5.41 Å². The first-order valence-electron chi connectivity index (χ1n) is 10.1. The number of aryl methyl sites for hydroxylation is 1. The fourth-order valence-corrected chi connectivity index (χ4v) is 5.16. The molecule has 150 valence electrons. The lowest BCUT2D eigenvalue weighted by Gasteiger charge is -2.23. The van der Waals surface area contributed by atoms with Crippen LogP contribution in [0.4, 0.5) is 0 Å². The molecule has 0 N–H and O–H groups in total. The highest BCUT2D eigenvalue weighted by Gasteiger charge is 2.50. The van der Waals surface area contributed by atoms with Crippen molar-refractivity contribution in [3.8, 4) is 0 Å². The largest absolute Gasteiger partial charge is 0.336 e. The molecular formula is C22H24ClN5O. The fraction of sp³-hybridized carbons (Fsp3) is 0.409. The number of nitrogens with zero attached hydrogens (tertiary/aromatic N) is 5. The Labute approximate surface area is 175 Å². The maximum Gasteiger partial charge on any atom is 0.230 e. The number of halogens is 1. The number of carbonyl (C=O) groups is 1. The van der Waals surface area contributed by atoms with Crippen LogP contribution in [0.5, 0.6) is 0 Å². The van der Waals surface area contributed by atoms with Crippen LogP contribution < -0.4 is 0 Å². The van der Waals surface area contributed by atoms with Gasteiger partial charge in [0.15, 0.2) is 0 Å². The Bertz CT molecular complexity index is 1070. The number of likely N-dealkylation sites (tertiary alicyclic amines) is 2. The summed E-state index contributed by atoms with van der Waals surface area (Å²) in [5.41, 5.74) is 2.71. The summed E-state index contributed by atoms with van der Waals surface area (Å²) in [6.45, 7) is 3.82. The van der Waals surface area contributed by atoms with Crippen molar-refractivity contribution in [3.63, 3.8) is 0 Å². The summed E-state index contributed by atoms with van der Waals surface area (Å²) >= 11 is 6.46. The number of fused-ring (bicyclic) bond motifs is 1. The fourth-order valence-electron chi connectivity index (χ4n) is 4.88. The maximum atomic E-state index is 13.2. The smallest absolute Gasteiger partial charge is 0.230 e. The molecule has 0 aliphatic carbocycles. The first-order valence-corrected chi connectivity index (χ1v) is 10.5. The molecule has 1 amide bonds. The minimum absolute atomic E-state index is 0.261. The number of rotatable bonds is 4. The first kappa shape index (κ1) is 18.6. The molecule has 2 saturated heterocycles. The predicted octanol–water partition coefficient (Wildman–Crippen LogP) is 3.25. The highest BCUT2D eigenvalue weighted by molar-refractivity contribution is 6.35. The molecule has 7 heteroatoms. The summed E-state index contributed by atoms with van der Waals surface area (Å²) < 4.78 is 1.89. The first-order chi connectivity index (χ1) is 14.1. The van der Waals surface area contributed by atoms with Crippen molar-refractivity contribution in [2.75, 3.05) is 19.6 Å². The highest BCUT2D eigenvalue weighted by Crippen LogP contribution is 2.42. The monoisotopic (exact) mass is 409 g/mol. The summed E-state index contributed by atoms with van der Waals surface area (Å²) in [4.78, 5) is 21.9. The van der Waals surface area contributed by atoms with E-state index in [9.17, 15) is 4.79 Å². The number of aromatic nitrogens is 3. The van der Waals surface area contributed by atoms with Gasteiger partial charge in [0, 0.05) is 38.3 Å². The van der Waals surface area contributed by atoms with E-state index in [0.717, 1.165) is 66.3 Å². The second-order valence-electron chi connectivity index (χ2n) is 8.24. The molecule has 4 heterocycles. The molecule has 0 saturated carbocycles. The lowest BCUT2D eigenvalue weighted by atomic mass is 9.85. The van der Waals surface area contributed by atoms with E-state index in [1.54, 1.807) is 6.20 Å². The van der Waals surface area contributed by atoms with Gasteiger partial charge in [-0.15, -0.1) is 0 Å². The Kier molecular flexibility index (Phi) is 4.56. The van der Waals surface area contributed by atoms with Crippen molar-refractivity contribution < 1.29 is 4.79 Å². The van der Waals surface area contributed by atoms with Crippen molar-refractivity contribution >= 4 is 28.4 Å². The Balaban J connectivity index is 1.31. The molecular weight excluding hydrogens is 386 g/mol. The standard InChI is InChI=1S/C22H24ClN5O/c1-26-19-7-4-6-17(23)20(19)18(25-26)14-27-11-8-22(15-27)9-12-28(21(22)29)13-16-5-2-3-10-24-16/h2-7,10H,8-9,11-15H2,1H3. The van der Waals surface area contributed by atoms with E-state index in [0.29, 0.717) is 6.54 Å². The Hall–Kier alpha value is -2.44. The van der Waals surface area contributed by atoms with Crippen LogP contribution in [0.3, 0.4) is 0 Å². The van der Waals surface area contributed by atoms with Gasteiger partial charge < -0.3 is 4.90 Å². The molecule has 1 spiro atoms. The average Bonchev–Trinajstić information content (AvgIpc) is 3.37. The van der Waals surface area contributed by atoms with E-state index in [-0.39, 0.29) is 11.3 Å². The van der Waals surface area contributed by atoms with Crippen LogP contribution in [-0.4, -0.2) is 50.1 Å². The molecule has 1 unspecified atom stereocenters. The van der Waals surface area contributed by atoms with Crippen molar-refractivity contribution in [1.82, 2.24) is 24.6 Å². The molecule has 0 radical (unpaired) electrons. The van der Waals surface area contributed by atoms with Crippen LogP contribution in [-0.2, 0) is 24.9 Å². The number of carbonyl (C=O) groups excluding carboxylic acids is 1. The Morgan fingerprint density at radius 2 is 1.97 bits per heavy atom. The normalized spacial score (nSPS) is 22.4. The van der Waals surface area contributed by atoms with Crippen molar-refractivity contribution in [1.29, 1.82) is 0 Å². The van der Waals surface area contributed by atoms with Gasteiger partial charge >= 0.3 is 0 Å². The molecule has 1 aromatic carbocycles. The van der Waals surface area contributed by atoms with Crippen molar-refractivity contribution in [2.24, 2.45) is 12.5 Å². The number of amides is 1. The van der Waals surface area contributed by atoms with Crippen LogP contribution in [0.15, 0.2) is 42.6 Å². The highest BCUT2D eigenvalue weighted by atomic mass is 35.5. The second kappa shape index (κ2) is 7.11. The third-order valence-corrected chi connectivity index (χ3v) is 6.70. The van der Waals surface area contributed by atoms with E-state index in [1.807, 2.05) is 53.0 Å². The van der Waals surface area contributed by atoms with Gasteiger partial charge in [0.2, 0.25) is 5.91 Å². The average molecular weight is 410 g/mol. The minimum atomic E-state index is -0.261. The van der Waals surface area contributed by atoms with Crippen LogP contribution in [0.2, 0.25) is 5.02 Å². The lowest BCUT2D eigenvalue weighted by molar-refractivity contribution is -0.136. The Morgan fingerprint density at radius 1 is 1.10 bits per heavy atom. The molecule has 2 aliphatic rings. The van der Waals surface area contributed by atoms with E-state index >= 15 is 0 Å². The third kappa shape index (κ3) is 3.20. The lowest BCUT2D eigenvalue weighted by Crippen LogP contribution is -2.36. The zero-order valence-corrected chi connectivity index (χ0v) is 17.3. The number of benzene rings is 1. The number of pyridine rings is 1.